The molecule has 25 heavy (non-hydrogen) atoms. The first-order valence-corrected chi connectivity index (χ1v) is 9.38. The van der Waals surface area contributed by atoms with Crippen molar-refractivity contribution < 1.29 is 17.9 Å². The van der Waals surface area contributed by atoms with Gasteiger partial charge in [0.05, 0.1) is 4.90 Å². The number of hydrogen-bond acceptors (Lipinski definition) is 4. The van der Waals surface area contributed by atoms with Crippen molar-refractivity contribution in [3.63, 3.8) is 0 Å². The second-order valence-electron chi connectivity index (χ2n) is 5.87. The first-order valence-electron chi connectivity index (χ1n) is 7.56. The van der Waals surface area contributed by atoms with Crippen LogP contribution in [0.4, 0.5) is 5.69 Å². The van der Waals surface area contributed by atoms with Crippen molar-refractivity contribution in [1.29, 1.82) is 0 Å². The molecule has 6 nitrogen and oxygen atoms in total. The number of ether oxygens (including phenoxy) is 1. The largest absolute Gasteiger partial charge is 0.480 e. The van der Waals surface area contributed by atoms with E-state index in [-0.39, 0.29) is 10.8 Å². The number of hydrogen-bond donors (Lipinski definition) is 1. The quantitative estimate of drug-likeness (QED) is 0.884. The first kappa shape index (κ1) is 17.7. The van der Waals surface area contributed by atoms with E-state index >= 15 is 0 Å². The second-order valence-corrected chi connectivity index (χ2v) is 8.46. The van der Waals surface area contributed by atoms with Crippen molar-refractivity contribution in [3.05, 3.63) is 53.1 Å². The molecule has 3 rings (SSSR count). The zero-order valence-electron chi connectivity index (χ0n) is 13.7. The van der Waals surface area contributed by atoms with Gasteiger partial charge in [0.25, 0.3) is 5.91 Å². The summed E-state index contributed by atoms with van der Waals surface area (Å²) >= 11 is 5.95. The predicted molar refractivity (Wildman–Crippen MR) is 95.5 cm³/mol. The third-order valence-electron chi connectivity index (χ3n) is 3.87. The van der Waals surface area contributed by atoms with Crippen molar-refractivity contribution in [1.82, 2.24) is 4.31 Å². The molecule has 2 aromatic rings. The fourth-order valence-electron chi connectivity index (χ4n) is 2.53. The lowest BCUT2D eigenvalue weighted by atomic mass is 10.1. The number of rotatable bonds is 4. The molecule has 1 atom stereocenters. The van der Waals surface area contributed by atoms with Gasteiger partial charge in [-0.2, -0.15) is 0 Å². The highest BCUT2D eigenvalue weighted by atomic mass is 35.5. The molecule has 2 aromatic carbocycles. The zero-order valence-corrected chi connectivity index (χ0v) is 15.3. The van der Waals surface area contributed by atoms with Gasteiger partial charge in [-0.25, -0.2) is 12.7 Å². The SMILES string of the molecule is CN(C)S(=O)(=O)c1cccc(NC(=O)[C@@H]2Cc3cc(Cl)ccc3O2)c1. The lowest BCUT2D eigenvalue weighted by Crippen LogP contribution is -2.31. The van der Waals surface area contributed by atoms with Crippen LogP contribution >= 0.6 is 11.6 Å². The van der Waals surface area contributed by atoms with Crippen molar-refractivity contribution in [3.8, 4) is 5.75 Å². The molecular weight excluding hydrogens is 364 g/mol. The number of carbonyl (C=O) groups excluding carboxylic acids is 1. The Bertz CT molecular complexity index is 928. The van der Waals surface area contributed by atoms with Gasteiger partial charge in [0, 0.05) is 31.2 Å². The van der Waals surface area contributed by atoms with Crippen LogP contribution in [0.3, 0.4) is 0 Å². The lowest BCUT2D eigenvalue weighted by Gasteiger charge is -2.14. The topological polar surface area (TPSA) is 75.7 Å². The maximum Gasteiger partial charge on any atom is 0.265 e. The molecule has 0 saturated carbocycles. The average molecular weight is 381 g/mol. The summed E-state index contributed by atoms with van der Waals surface area (Å²) in [5.74, 6) is 0.292. The van der Waals surface area contributed by atoms with Crippen LogP contribution in [0.15, 0.2) is 47.4 Å². The van der Waals surface area contributed by atoms with E-state index in [1.165, 1.54) is 26.2 Å². The zero-order chi connectivity index (χ0) is 18.2. The Hall–Kier alpha value is -2.09. The monoisotopic (exact) mass is 380 g/mol. The Labute approximate surface area is 151 Å². The molecule has 8 heteroatoms. The van der Waals surface area contributed by atoms with E-state index in [0.717, 1.165) is 9.87 Å². The minimum absolute atomic E-state index is 0.109. The molecule has 0 aliphatic carbocycles. The molecule has 0 fully saturated rings. The Morgan fingerprint density at radius 3 is 2.72 bits per heavy atom. The molecule has 1 aliphatic heterocycles. The summed E-state index contributed by atoms with van der Waals surface area (Å²) in [6.07, 6.45) is -0.264. The van der Waals surface area contributed by atoms with Gasteiger partial charge in [-0.05, 0) is 42.0 Å². The summed E-state index contributed by atoms with van der Waals surface area (Å²) in [6.45, 7) is 0. The van der Waals surface area contributed by atoms with Gasteiger partial charge in [0.1, 0.15) is 5.75 Å². The number of nitrogens with zero attached hydrogens (tertiary/aromatic N) is 1. The molecule has 1 N–H and O–H groups in total. The first-order chi connectivity index (χ1) is 11.8. The van der Waals surface area contributed by atoms with Crippen LogP contribution < -0.4 is 10.1 Å². The second kappa shape index (κ2) is 6.67. The third kappa shape index (κ3) is 3.63. The molecule has 132 valence electrons. The molecule has 0 radical (unpaired) electrons. The fraction of sp³-hybridized carbons (Fsp3) is 0.235. The van der Waals surface area contributed by atoms with Crippen LogP contribution in [-0.4, -0.2) is 38.8 Å². The Kier molecular flexibility index (Phi) is 4.73. The maximum atomic E-state index is 12.4. The third-order valence-corrected chi connectivity index (χ3v) is 5.92. The van der Waals surface area contributed by atoms with Gasteiger partial charge < -0.3 is 10.1 Å². The number of halogens is 1. The minimum atomic E-state index is -3.57. The van der Waals surface area contributed by atoms with E-state index in [2.05, 4.69) is 5.32 Å². The van der Waals surface area contributed by atoms with Crippen molar-refractivity contribution in [2.75, 3.05) is 19.4 Å². The molecule has 0 bridgehead atoms. The summed E-state index contributed by atoms with van der Waals surface area (Å²) in [7, 11) is -0.659. The standard InChI is InChI=1S/C17H17ClN2O4S/c1-20(2)25(22,23)14-5-3-4-13(10-14)19-17(21)16-9-11-8-12(18)6-7-15(11)24-16/h3-8,10,16H,9H2,1-2H3,(H,19,21)/t16-/m0/s1. The van der Waals surface area contributed by atoms with Gasteiger partial charge in [-0.15, -0.1) is 0 Å². The molecule has 0 saturated heterocycles. The number of benzene rings is 2. The molecule has 0 unspecified atom stereocenters. The number of amides is 1. The van der Waals surface area contributed by atoms with Gasteiger partial charge in [-0.3, -0.25) is 4.79 Å². The number of sulfonamides is 1. The Morgan fingerprint density at radius 2 is 2.00 bits per heavy atom. The highest BCUT2D eigenvalue weighted by molar-refractivity contribution is 7.89. The van der Waals surface area contributed by atoms with Gasteiger partial charge >= 0.3 is 0 Å². The summed E-state index contributed by atoms with van der Waals surface area (Å²) in [6, 6.07) is 11.3. The number of carbonyl (C=O) groups is 1. The van der Waals surface area contributed by atoms with Crippen molar-refractivity contribution >= 4 is 33.2 Å². The lowest BCUT2D eigenvalue weighted by molar-refractivity contribution is -0.122. The molecule has 1 amide bonds. The molecule has 1 aliphatic rings. The van der Waals surface area contributed by atoms with Gasteiger partial charge in [-0.1, -0.05) is 17.7 Å². The van der Waals surface area contributed by atoms with E-state index in [1.54, 1.807) is 30.3 Å². The number of anilines is 1. The Balaban J connectivity index is 1.75. The normalized spacial score (nSPS) is 16.4. The van der Waals surface area contributed by atoms with Crippen molar-refractivity contribution in [2.45, 2.75) is 17.4 Å². The number of fused-ring (bicyclic) bond motifs is 1. The van der Waals surface area contributed by atoms with Crippen LogP contribution in [0, 0.1) is 0 Å². The van der Waals surface area contributed by atoms with E-state index in [9.17, 15) is 13.2 Å². The van der Waals surface area contributed by atoms with Crippen LogP contribution in [0.25, 0.3) is 0 Å². The smallest absolute Gasteiger partial charge is 0.265 e. The highest BCUT2D eigenvalue weighted by Gasteiger charge is 2.29. The highest BCUT2D eigenvalue weighted by Crippen LogP contribution is 2.31. The maximum absolute atomic E-state index is 12.4. The van der Waals surface area contributed by atoms with E-state index < -0.39 is 16.1 Å². The van der Waals surface area contributed by atoms with Crippen LogP contribution in [0.1, 0.15) is 5.56 Å². The number of nitrogens with one attached hydrogen (secondary N) is 1. The molecular formula is C17H17ClN2O4S. The summed E-state index contributed by atoms with van der Waals surface area (Å²) in [4.78, 5) is 12.5. The van der Waals surface area contributed by atoms with Crippen LogP contribution in [-0.2, 0) is 21.2 Å². The van der Waals surface area contributed by atoms with Gasteiger partial charge in [0.2, 0.25) is 10.0 Å². The summed E-state index contributed by atoms with van der Waals surface area (Å²) in [5, 5.41) is 3.29. The van der Waals surface area contributed by atoms with E-state index in [4.69, 9.17) is 16.3 Å². The van der Waals surface area contributed by atoms with Crippen LogP contribution in [0.2, 0.25) is 5.02 Å². The van der Waals surface area contributed by atoms with E-state index in [1.807, 2.05) is 0 Å². The van der Waals surface area contributed by atoms with E-state index in [0.29, 0.717) is 22.9 Å². The average Bonchev–Trinajstić information content (AvgIpc) is 2.98. The van der Waals surface area contributed by atoms with Gasteiger partial charge in [0.15, 0.2) is 6.10 Å². The van der Waals surface area contributed by atoms with Crippen LogP contribution in [0.5, 0.6) is 5.75 Å². The fourth-order valence-corrected chi connectivity index (χ4v) is 3.67. The van der Waals surface area contributed by atoms with Crippen molar-refractivity contribution in [2.24, 2.45) is 0 Å². The summed E-state index contributed by atoms with van der Waals surface area (Å²) in [5.41, 5.74) is 1.27. The Morgan fingerprint density at radius 1 is 1.24 bits per heavy atom. The molecule has 1 heterocycles. The predicted octanol–water partition coefficient (Wildman–Crippen LogP) is 2.53. The summed E-state index contributed by atoms with van der Waals surface area (Å²) < 4.78 is 31.1. The molecule has 0 aromatic heterocycles. The minimum Gasteiger partial charge on any atom is -0.480 e. The molecule has 0 spiro atoms.